The Morgan fingerprint density at radius 3 is 2.19 bits per heavy atom. The fourth-order valence-electron chi connectivity index (χ4n) is 4.42. The van der Waals surface area contributed by atoms with E-state index in [2.05, 4.69) is 5.32 Å². The lowest BCUT2D eigenvalue weighted by Crippen LogP contribution is -2.54. The van der Waals surface area contributed by atoms with Crippen LogP contribution in [0.15, 0.2) is 78.9 Å². The molecule has 3 aromatic rings. The first-order valence-corrected chi connectivity index (χ1v) is 15.4. The van der Waals surface area contributed by atoms with E-state index in [0.717, 1.165) is 35.1 Å². The lowest BCUT2D eigenvalue weighted by molar-refractivity contribution is -0.140. The van der Waals surface area contributed by atoms with Crippen molar-refractivity contribution in [3.8, 4) is 0 Å². The Hall–Kier alpha value is -3.86. The number of sulfonamides is 1. The molecule has 0 saturated heterocycles. The van der Waals surface area contributed by atoms with Crippen molar-refractivity contribution in [2.24, 2.45) is 0 Å². The standard InChI is InChI=1S/C31H36F3N3O4S/c1-5-23(3)35-30(39)28(18-24-13-7-6-8-14-24)36(20-25-15-10-9-12-22(25)2)29(38)21-37(42(4,40)41)27-17-11-16-26(19-27)31(32,33)34/h6-17,19,23,28H,5,18,20-21H2,1-4H3,(H,35,39)/t23-,28-/m1/s1. The van der Waals surface area contributed by atoms with E-state index in [4.69, 9.17) is 0 Å². The van der Waals surface area contributed by atoms with E-state index in [9.17, 15) is 31.2 Å². The molecule has 226 valence electrons. The highest BCUT2D eigenvalue weighted by Crippen LogP contribution is 2.32. The third-order valence-corrected chi connectivity index (χ3v) is 8.16. The maximum Gasteiger partial charge on any atom is 0.416 e. The average molecular weight is 604 g/mol. The van der Waals surface area contributed by atoms with Crippen LogP contribution in [0.25, 0.3) is 0 Å². The number of halogens is 3. The van der Waals surface area contributed by atoms with Crippen molar-refractivity contribution in [3.63, 3.8) is 0 Å². The van der Waals surface area contributed by atoms with Crippen molar-refractivity contribution in [2.75, 3.05) is 17.1 Å². The Morgan fingerprint density at radius 1 is 0.952 bits per heavy atom. The molecule has 0 saturated carbocycles. The van der Waals surface area contributed by atoms with E-state index in [1.165, 1.54) is 11.0 Å². The number of nitrogens with one attached hydrogen (secondary N) is 1. The zero-order valence-corrected chi connectivity index (χ0v) is 24.9. The van der Waals surface area contributed by atoms with Crippen molar-refractivity contribution in [1.82, 2.24) is 10.2 Å². The van der Waals surface area contributed by atoms with Gasteiger partial charge in [-0.05, 0) is 55.2 Å². The highest BCUT2D eigenvalue weighted by molar-refractivity contribution is 7.92. The highest BCUT2D eigenvalue weighted by Gasteiger charge is 2.35. The Kier molecular flexibility index (Phi) is 10.8. The van der Waals surface area contributed by atoms with E-state index in [1.54, 1.807) is 6.07 Å². The molecule has 0 aliphatic carbocycles. The first-order valence-electron chi connectivity index (χ1n) is 13.5. The van der Waals surface area contributed by atoms with Crippen LogP contribution >= 0.6 is 0 Å². The number of hydrogen-bond acceptors (Lipinski definition) is 4. The molecule has 0 bridgehead atoms. The third kappa shape index (κ3) is 8.82. The van der Waals surface area contributed by atoms with Gasteiger partial charge in [0.25, 0.3) is 0 Å². The van der Waals surface area contributed by atoms with Gasteiger partial charge in [0.05, 0.1) is 17.5 Å². The van der Waals surface area contributed by atoms with Crippen molar-refractivity contribution in [3.05, 3.63) is 101 Å². The largest absolute Gasteiger partial charge is 0.416 e. The first kappa shape index (κ1) is 32.7. The number of aryl methyl sites for hydroxylation is 1. The second-order valence-corrected chi connectivity index (χ2v) is 12.2. The van der Waals surface area contributed by atoms with Gasteiger partial charge >= 0.3 is 6.18 Å². The third-order valence-electron chi connectivity index (χ3n) is 7.01. The minimum atomic E-state index is -4.71. The van der Waals surface area contributed by atoms with Crippen molar-refractivity contribution in [2.45, 2.75) is 58.4 Å². The molecule has 0 aliphatic rings. The number of anilines is 1. The molecule has 0 unspecified atom stereocenters. The fourth-order valence-corrected chi connectivity index (χ4v) is 5.26. The molecule has 2 amide bonds. The zero-order valence-electron chi connectivity index (χ0n) is 24.1. The van der Waals surface area contributed by atoms with Crippen LogP contribution in [0.3, 0.4) is 0 Å². The van der Waals surface area contributed by atoms with Gasteiger partial charge in [-0.25, -0.2) is 8.42 Å². The summed E-state index contributed by atoms with van der Waals surface area (Å²) in [4.78, 5) is 29.1. The summed E-state index contributed by atoms with van der Waals surface area (Å²) < 4.78 is 66.7. The summed E-state index contributed by atoms with van der Waals surface area (Å²) in [5.74, 6) is -1.15. The average Bonchev–Trinajstić information content (AvgIpc) is 2.93. The number of carbonyl (C=O) groups is 2. The maximum absolute atomic E-state index is 14.1. The molecular formula is C31H36F3N3O4S. The Labute approximate surface area is 245 Å². The van der Waals surface area contributed by atoms with Gasteiger partial charge in [-0.2, -0.15) is 13.2 Å². The van der Waals surface area contributed by atoms with E-state index >= 15 is 0 Å². The van der Waals surface area contributed by atoms with Gasteiger partial charge in [0.1, 0.15) is 12.6 Å². The molecule has 7 nitrogen and oxygen atoms in total. The van der Waals surface area contributed by atoms with Crippen molar-refractivity contribution >= 4 is 27.5 Å². The monoisotopic (exact) mass is 603 g/mol. The fraction of sp³-hybridized carbons (Fsp3) is 0.355. The van der Waals surface area contributed by atoms with E-state index < -0.39 is 46.2 Å². The minimum Gasteiger partial charge on any atom is -0.352 e. The van der Waals surface area contributed by atoms with Crippen LogP contribution in [0, 0.1) is 6.92 Å². The predicted octanol–water partition coefficient (Wildman–Crippen LogP) is 5.33. The summed E-state index contributed by atoms with van der Waals surface area (Å²) in [6.45, 7) is 4.79. The molecule has 2 atom stereocenters. The predicted molar refractivity (Wildman–Crippen MR) is 157 cm³/mol. The molecule has 0 fully saturated rings. The van der Waals surface area contributed by atoms with Gasteiger partial charge in [-0.1, -0.05) is 67.6 Å². The van der Waals surface area contributed by atoms with Crippen LogP contribution in [0.1, 0.15) is 42.5 Å². The van der Waals surface area contributed by atoms with Crippen LogP contribution in [0.4, 0.5) is 18.9 Å². The lowest BCUT2D eigenvalue weighted by Gasteiger charge is -2.34. The molecule has 0 heterocycles. The summed E-state index contributed by atoms with van der Waals surface area (Å²) >= 11 is 0. The van der Waals surface area contributed by atoms with Crippen molar-refractivity contribution < 1.29 is 31.2 Å². The van der Waals surface area contributed by atoms with Gasteiger partial charge in [-0.3, -0.25) is 13.9 Å². The summed E-state index contributed by atoms with van der Waals surface area (Å²) in [5, 5.41) is 2.94. The van der Waals surface area contributed by atoms with Gasteiger partial charge in [0, 0.05) is 19.0 Å². The SMILES string of the molecule is CC[C@@H](C)NC(=O)[C@@H](Cc1ccccc1)N(Cc1ccccc1C)C(=O)CN(c1cccc(C(F)(F)F)c1)S(C)(=O)=O. The molecule has 0 aromatic heterocycles. The zero-order chi connectivity index (χ0) is 31.1. The Bertz CT molecular complexity index is 1480. The summed E-state index contributed by atoms with van der Waals surface area (Å²) in [6.07, 6.45) is -3.10. The number of alkyl halides is 3. The van der Waals surface area contributed by atoms with Crippen LogP contribution in [0.2, 0.25) is 0 Å². The number of rotatable bonds is 12. The van der Waals surface area contributed by atoms with E-state index in [1.807, 2.05) is 69.3 Å². The molecule has 11 heteroatoms. The number of nitrogens with zero attached hydrogens (tertiary/aromatic N) is 2. The summed E-state index contributed by atoms with van der Waals surface area (Å²) in [5.41, 5.74) is 1.02. The number of benzene rings is 3. The molecule has 0 radical (unpaired) electrons. The van der Waals surface area contributed by atoms with Gasteiger partial charge in [0.2, 0.25) is 21.8 Å². The van der Waals surface area contributed by atoms with Crippen LogP contribution in [-0.2, 0) is 38.8 Å². The van der Waals surface area contributed by atoms with Crippen molar-refractivity contribution in [1.29, 1.82) is 0 Å². The van der Waals surface area contributed by atoms with Crippen LogP contribution in [0.5, 0.6) is 0 Å². The Balaban J connectivity index is 2.10. The highest BCUT2D eigenvalue weighted by atomic mass is 32.2. The lowest BCUT2D eigenvalue weighted by atomic mass is 10.0. The van der Waals surface area contributed by atoms with Gasteiger partial charge < -0.3 is 10.2 Å². The van der Waals surface area contributed by atoms with Crippen LogP contribution in [-0.4, -0.2) is 50.0 Å². The van der Waals surface area contributed by atoms with Gasteiger partial charge in [-0.15, -0.1) is 0 Å². The second kappa shape index (κ2) is 13.9. The molecule has 1 N–H and O–H groups in total. The number of amides is 2. The first-order chi connectivity index (χ1) is 19.7. The number of carbonyl (C=O) groups excluding carboxylic acids is 2. The molecule has 3 rings (SSSR count). The molecular weight excluding hydrogens is 567 g/mol. The molecule has 3 aromatic carbocycles. The van der Waals surface area contributed by atoms with Crippen LogP contribution < -0.4 is 9.62 Å². The number of hydrogen-bond donors (Lipinski definition) is 1. The second-order valence-electron chi connectivity index (χ2n) is 10.3. The smallest absolute Gasteiger partial charge is 0.352 e. The van der Waals surface area contributed by atoms with E-state index in [-0.39, 0.29) is 24.7 Å². The quantitative estimate of drug-likeness (QED) is 0.303. The van der Waals surface area contributed by atoms with Gasteiger partial charge in [0.15, 0.2) is 0 Å². The molecule has 0 spiro atoms. The Morgan fingerprint density at radius 2 is 1.60 bits per heavy atom. The summed E-state index contributed by atoms with van der Waals surface area (Å²) in [7, 11) is -4.20. The molecule has 0 aliphatic heterocycles. The normalized spacial score (nSPS) is 13.2. The van der Waals surface area contributed by atoms with E-state index in [0.29, 0.717) is 16.8 Å². The maximum atomic E-state index is 14.1. The molecule has 42 heavy (non-hydrogen) atoms. The minimum absolute atomic E-state index is 0.0167. The summed E-state index contributed by atoms with van der Waals surface area (Å²) in [6, 6.07) is 19.0. The topological polar surface area (TPSA) is 86.8 Å².